The van der Waals surface area contributed by atoms with Crippen LogP contribution in [0.15, 0.2) is 29.3 Å². The maximum absolute atomic E-state index is 11.5. The topological polar surface area (TPSA) is 87.7 Å². The fourth-order valence-electron chi connectivity index (χ4n) is 2.94. The maximum atomic E-state index is 11.5. The van der Waals surface area contributed by atoms with Gasteiger partial charge in [-0.25, -0.2) is 4.68 Å². The van der Waals surface area contributed by atoms with E-state index in [-0.39, 0.29) is 0 Å². The van der Waals surface area contributed by atoms with Crippen molar-refractivity contribution in [1.82, 2.24) is 9.78 Å². The Morgan fingerprint density at radius 2 is 2.08 bits per heavy atom. The molecule has 0 amide bonds. The molecule has 0 radical (unpaired) electrons. The highest BCUT2D eigenvalue weighted by Crippen LogP contribution is 2.28. The number of nitrogens with zero attached hydrogens (tertiary/aromatic N) is 3. The molecule has 1 aliphatic carbocycles. The summed E-state index contributed by atoms with van der Waals surface area (Å²) in [5, 5.41) is 25.3. The van der Waals surface area contributed by atoms with Crippen LogP contribution in [0.3, 0.4) is 0 Å². The largest absolute Gasteiger partial charge is 0.481 e. The number of rotatable bonds is 3. The quantitative estimate of drug-likeness (QED) is 0.871. The number of carboxylic acids is 1. The van der Waals surface area contributed by atoms with Gasteiger partial charge in [0.05, 0.1) is 12.1 Å². The molecule has 1 heterocycles. The average Bonchev–Trinajstić information content (AvgIpc) is 2.88. The summed E-state index contributed by atoms with van der Waals surface area (Å²) in [7, 11) is 1.78. The third-order valence-electron chi connectivity index (χ3n) is 4.19. The molecule has 128 valence electrons. The lowest BCUT2D eigenvalue weighted by Gasteiger charge is -2.29. The molecule has 1 fully saturated rings. The molecule has 0 spiro atoms. The number of hydrogen-bond donors (Lipinski definition) is 2. The normalized spacial score (nSPS) is 25.0. The predicted molar refractivity (Wildman–Crippen MR) is 91.9 cm³/mol. The van der Waals surface area contributed by atoms with Crippen LogP contribution in [-0.2, 0) is 11.8 Å². The van der Waals surface area contributed by atoms with Gasteiger partial charge in [0.15, 0.2) is 0 Å². The number of aryl methyl sites for hydroxylation is 1. The summed E-state index contributed by atoms with van der Waals surface area (Å²) in [5.74, 6) is -1.86. The van der Waals surface area contributed by atoms with Gasteiger partial charge in [-0.05, 0) is 31.4 Å². The highest BCUT2D eigenvalue weighted by molar-refractivity contribution is 7.12. The number of hydrogen-bond acceptors (Lipinski definition) is 5. The summed E-state index contributed by atoms with van der Waals surface area (Å²) in [6.07, 6.45) is 1.08. The number of halogens is 1. The third kappa shape index (κ3) is 3.53. The van der Waals surface area contributed by atoms with Crippen molar-refractivity contribution in [2.24, 2.45) is 18.0 Å². The van der Waals surface area contributed by atoms with E-state index in [0.717, 1.165) is 17.0 Å². The van der Waals surface area contributed by atoms with E-state index in [2.05, 4.69) is 10.1 Å². The standard InChI is InChI=1S/C16H18ClN3O3S/c1-20-16(18-11-3-2-4-12(21)13(11)15(22)23)24-14(19-20)9-5-7-10(17)8-6-9/h5-8,11-13,21H,2-4H2,1H3,(H,22,23). The summed E-state index contributed by atoms with van der Waals surface area (Å²) in [6, 6.07) is 6.93. The average molecular weight is 368 g/mol. The summed E-state index contributed by atoms with van der Waals surface area (Å²) < 4.78 is 1.65. The molecule has 0 saturated heterocycles. The molecule has 1 aliphatic rings. The fraction of sp³-hybridized carbons (Fsp3) is 0.438. The Hall–Kier alpha value is -1.70. The van der Waals surface area contributed by atoms with E-state index >= 15 is 0 Å². The predicted octanol–water partition coefficient (Wildman–Crippen LogP) is 2.32. The van der Waals surface area contributed by atoms with E-state index in [0.29, 0.717) is 22.7 Å². The van der Waals surface area contributed by atoms with Gasteiger partial charge in [0.1, 0.15) is 10.9 Å². The lowest BCUT2D eigenvalue weighted by atomic mass is 9.82. The van der Waals surface area contributed by atoms with E-state index in [1.54, 1.807) is 23.9 Å². The first-order chi connectivity index (χ1) is 11.5. The van der Waals surface area contributed by atoms with Gasteiger partial charge < -0.3 is 10.2 Å². The first-order valence-electron chi connectivity index (χ1n) is 7.70. The lowest BCUT2D eigenvalue weighted by Crippen LogP contribution is -2.41. The summed E-state index contributed by atoms with van der Waals surface area (Å²) >= 11 is 7.30. The zero-order chi connectivity index (χ0) is 17.3. The van der Waals surface area contributed by atoms with Crippen LogP contribution < -0.4 is 4.80 Å². The SMILES string of the molecule is Cn1nc(-c2ccc(Cl)cc2)sc1=NC1CCCC(O)C1C(=O)O. The number of aliphatic carboxylic acids is 1. The van der Waals surface area contributed by atoms with Crippen molar-refractivity contribution in [2.45, 2.75) is 31.4 Å². The smallest absolute Gasteiger partial charge is 0.311 e. The number of aliphatic hydroxyl groups excluding tert-OH is 1. The Morgan fingerprint density at radius 1 is 1.38 bits per heavy atom. The van der Waals surface area contributed by atoms with Gasteiger partial charge in [0.2, 0.25) is 4.80 Å². The summed E-state index contributed by atoms with van der Waals surface area (Å²) in [4.78, 5) is 16.7. The minimum atomic E-state index is -0.999. The third-order valence-corrected chi connectivity index (χ3v) is 5.50. The van der Waals surface area contributed by atoms with Crippen LogP contribution in [0.5, 0.6) is 0 Å². The molecule has 3 rings (SSSR count). The van der Waals surface area contributed by atoms with E-state index in [1.165, 1.54) is 11.3 Å². The van der Waals surface area contributed by atoms with E-state index in [1.807, 2.05) is 12.1 Å². The minimum Gasteiger partial charge on any atom is -0.481 e. The molecule has 2 aromatic rings. The van der Waals surface area contributed by atoms with Gasteiger partial charge in [0, 0.05) is 17.6 Å². The van der Waals surface area contributed by atoms with Crippen LogP contribution in [0.4, 0.5) is 0 Å². The fourth-order valence-corrected chi connectivity index (χ4v) is 4.02. The van der Waals surface area contributed by atoms with Gasteiger partial charge in [-0.1, -0.05) is 35.1 Å². The molecule has 0 bridgehead atoms. The molecule has 24 heavy (non-hydrogen) atoms. The van der Waals surface area contributed by atoms with Crippen LogP contribution in [0.1, 0.15) is 19.3 Å². The van der Waals surface area contributed by atoms with E-state index in [4.69, 9.17) is 11.6 Å². The van der Waals surface area contributed by atoms with Crippen molar-refractivity contribution in [3.63, 3.8) is 0 Å². The molecule has 3 atom stereocenters. The first kappa shape index (κ1) is 17.1. The van der Waals surface area contributed by atoms with Crippen molar-refractivity contribution in [1.29, 1.82) is 0 Å². The Balaban J connectivity index is 1.95. The van der Waals surface area contributed by atoms with E-state index < -0.39 is 24.0 Å². The minimum absolute atomic E-state index is 0.434. The lowest BCUT2D eigenvalue weighted by molar-refractivity contribution is -0.148. The molecule has 1 aromatic heterocycles. The zero-order valence-corrected chi connectivity index (χ0v) is 14.7. The van der Waals surface area contributed by atoms with Crippen molar-refractivity contribution in [3.05, 3.63) is 34.1 Å². The summed E-state index contributed by atoms with van der Waals surface area (Å²) in [6.45, 7) is 0. The molecule has 2 N–H and O–H groups in total. The van der Waals surface area contributed by atoms with Crippen LogP contribution in [-0.4, -0.2) is 38.1 Å². The van der Waals surface area contributed by atoms with Crippen molar-refractivity contribution in [3.8, 4) is 10.6 Å². The van der Waals surface area contributed by atoms with Gasteiger partial charge in [-0.15, -0.1) is 0 Å². The highest BCUT2D eigenvalue weighted by Gasteiger charge is 2.37. The molecule has 1 aromatic carbocycles. The Morgan fingerprint density at radius 3 is 2.75 bits per heavy atom. The number of carboxylic acid groups (broad SMARTS) is 1. The number of aliphatic hydroxyl groups is 1. The van der Waals surface area contributed by atoms with Crippen molar-refractivity contribution < 1.29 is 15.0 Å². The van der Waals surface area contributed by atoms with Crippen LogP contribution in [0.2, 0.25) is 5.02 Å². The van der Waals surface area contributed by atoms with E-state index in [9.17, 15) is 15.0 Å². The molecular weight excluding hydrogens is 350 g/mol. The number of aromatic nitrogens is 2. The Labute approximate surface area is 148 Å². The number of carbonyl (C=O) groups is 1. The molecule has 1 saturated carbocycles. The van der Waals surface area contributed by atoms with Gasteiger partial charge in [0.25, 0.3) is 0 Å². The van der Waals surface area contributed by atoms with Crippen LogP contribution >= 0.6 is 22.9 Å². The molecular formula is C16H18ClN3O3S. The highest BCUT2D eigenvalue weighted by atomic mass is 35.5. The molecule has 8 heteroatoms. The molecule has 0 aliphatic heterocycles. The number of benzene rings is 1. The van der Waals surface area contributed by atoms with Crippen molar-refractivity contribution in [2.75, 3.05) is 0 Å². The first-order valence-corrected chi connectivity index (χ1v) is 8.90. The Bertz CT molecular complexity index is 800. The van der Waals surface area contributed by atoms with Gasteiger partial charge in [-0.2, -0.15) is 5.10 Å². The second-order valence-electron chi connectivity index (χ2n) is 5.88. The van der Waals surface area contributed by atoms with Gasteiger partial charge in [-0.3, -0.25) is 9.79 Å². The maximum Gasteiger partial charge on any atom is 0.311 e. The molecule has 3 unspecified atom stereocenters. The Kier molecular flexibility index (Phi) is 5.03. The monoisotopic (exact) mass is 367 g/mol. The second-order valence-corrected chi connectivity index (χ2v) is 7.27. The summed E-state index contributed by atoms with van der Waals surface area (Å²) in [5.41, 5.74) is 0.930. The zero-order valence-electron chi connectivity index (χ0n) is 13.1. The van der Waals surface area contributed by atoms with Crippen LogP contribution in [0.25, 0.3) is 10.6 Å². The second kappa shape index (κ2) is 7.04. The van der Waals surface area contributed by atoms with Crippen LogP contribution in [0, 0.1) is 5.92 Å². The van der Waals surface area contributed by atoms with Gasteiger partial charge >= 0.3 is 5.97 Å². The van der Waals surface area contributed by atoms with Crippen molar-refractivity contribution >= 4 is 28.9 Å². The molecule has 6 nitrogen and oxygen atoms in total.